The van der Waals surface area contributed by atoms with Crippen molar-refractivity contribution in [3.05, 3.63) is 0 Å². The first-order valence-corrected chi connectivity index (χ1v) is 7.26. The van der Waals surface area contributed by atoms with Gasteiger partial charge in [-0.25, -0.2) is 0 Å². The van der Waals surface area contributed by atoms with Crippen LogP contribution in [0.5, 0.6) is 0 Å². The summed E-state index contributed by atoms with van der Waals surface area (Å²) in [6.07, 6.45) is 0.999. The van der Waals surface area contributed by atoms with Crippen molar-refractivity contribution in [3.63, 3.8) is 0 Å². The molecular formula is C15H24N2O5. The number of nitrogens with two attached hydrogens (primary N) is 1. The van der Waals surface area contributed by atoms with E-state index < -0.39 is 35.6 Å². The normalized spacial score (nSPS) is 15.9. The molecule has 1 amide bonds. The maximum Gasteiger partial charge on any atom is 0.308 e. The summed E-state index contributed by atoms with van der Waals surface area (Å²) in [4.78, 5) is 34.3. The molecule has 124 valence electrons. The Balaban J connectivity index is 5.05. The summed E-state index contributed by atoms with van der Waals surface area (Å²) in [5, 5.41) is 18.0. The average Bonchev–Trinajstić information content (AvgIpc) is 2.48. The predicted octanol–water partition coefficient (Wildman–Crippen LogP) is 1.32. The van der Waals surface area contributed by atoms with E-state index in [-0.39, 0.29) is 25.2 Å². The summed E-state index contributed by atoms with van der Waals surface area (Å²) in [7, 11) is 1.21. The van der Waals surface area contributed by atoms with Crippen LogP contribution >= 0.6 is 0 Å². The van der Waals surface area contributed by atoms with E-state index in [9.17, 15) is 14.4 Å². The second-order valence-electron chi connectivity index (χ2n) is 5.50. The molecule has 0 aromatic heterocycles. The van der Waals surface area contributed by atoms with Gasteiger partial charge in [-0.1, -0.05) is 13.8 Å². The third-order valence-electron chi connectivity index (χ3n) is 3.81. The number of carboxylic acids is 1. The molecule has 7 heteroatoms. The number of carbonyl (C=O) groups excluding carboxylic acids is 2. The zero-order valence-corrected chi connectivity index (χ0v) is 13.2. The minimum absolute atomic E-state index is 0.0646. The van der Waals surface area contributed by atoms with Crippen LogP contribution in [0.15, 0.2) is 0 Å². The number of nitriles is 1. The number of primary amides is 1. The van der Waals surface area contributed by atoms with Crippen molar-refractivity contribution < 1.29 is 24.2 Å². The summed E-state index contributed by atoms with van der Waals surface area (Å²) in [5.41, 5.74) is 5.36. The number of rotatable bonds is 10. The quantitative estimate of drug-likeness (QED) is 0.585. The third-order valence-corrected chi connectivity index (χ3v) is 3.81. The van der Waals surface area contributed by atoms with Gasteiger partial charge in [0.25, 0.3) is 0 Å². The predicted molar refractivity (Wildman–Crippen MR) is 78.2 cm³/mol. The van der Waals surface area contributed by atoms with Crippen LogP contribution in [0, 0.1) is 35.0 Å². The number of hydrogen-bond donors (Lipinski definition) is 2. The molecule has 0 aliphatic carbocycles. The van der Waals surface area contributed by atoms with Gasteiger partial charge < -0.3 is 15.6 Å². The average molecular weight is 312 g/mol. The zero-order chi connectivity index (χ0) is 17.3. The highest BCUT2D eigenvalue weighted by Gasteiger charge is 2.31. The van der Waals surface area contributed by atoms with Crippen LogP contribution in [0.2, 0.25) is 0 Å². The number of carboxylic acid groups (broad SMARTS) is 1. The summed E-state index contributed by atoms with van der Waals surface area (Å²) < 4.78 is 4.68. The van der Waals surface area contributed by atoms with Gasteiger partial charge in [-0.05, 0) is 25.7 Å². The Labute approximate surface area is 130 Å². The number of ether oxygens (including phenoxy) is 1. The lowest BCUT2D eigenvalue weighted by atomic mass is 9.82. The van der Waals surface area contributed by atoms with E-state index >= 15 is 0 Å². The molecule has 3 N–H and O–H groups in total. The molecule has 7 nitrogen and oxygen atoms in total. The van der Waals surface area contributed by atoms with Crippen molar-refractivity contribution in [2.24, 2.45) is 29.4 Å². The van der Waals surface area contributed by atoms with Crippen LogP contribution in [-0.2, 0) is 19.1 Å². The minimum atomic E-state index is -1.02. The SMILES string of the molecule is CCC(C#N)CC(CC(CC(C)C(=O)O)C(=O)OC)C(N)=O. The fraction of sp³-hybridized carbons (Fsp3) is 0.733. The molecule has 4 atom stereocenters. The van der Waals surface area contributed by atoms with Crippen LogP contribution in [-0.4, -0.2) is 30.1 Å². The van der Waals surface area contributed by atoms with E-state index in [4.69, 9.17) is 16.1 Å². The summed E-state index contributed by atoms with van der Waals surface area (Å²) in [6, 6.07) is 2.09. The minimum Gasteiger partial charge on any atom is -0.481 e. The van der Waals surface area contributed by atoms with Crippen LogP contribution in [0.4, 0.5) is 0 Å². The molecule has 0 saturated carbocycles. The van der Waals surface area contributed by atoms with E-state index in [2.05, 4.69) is 10.8 Å². The molecule has 0 fully saturated rings. The first-order valence-electron chi connectivity index (χ1n) is 7.26. The maximum atomic E-state index is 11.8. The lowest BCUT2D eigenvalue weighted by Gasteiger charge is -2.22. The Bertz CT molecular complexity index is 444. The summed E-state index contributed by atoms with van der Waals surface area (Å²) in [6.45, 7) is 3.32. The second-order valence-corrected chi connectivity index (χ2v) is 5.50. The molecule has 0 aliphatic rings. The Morgan fingerprint density at radius 3 is 2.18 bits per heavy atom. The Kier molecular flexibility index (Phi) is 8.83. The fourth-order valence-electron chi connectivity index (χ4n) is 2.31. The molecule has 4 unspecified atom stereocenters. The van der Waals surface area contributed by atoms with Gasteiger partial charge in [0.05, 0.1) is 25.0 Å². The molecule has 0 bridgehead atoms. The molecule has 0 aromatic rings. The van der Waals surface area contributed by atoms with Crippen LogP contribution in [0.25, 0.3) is 0 Å². The zero-order valence-electron chi connectivity index (χ0n) is 13.2. The molecule has 22 heavy (non-hydrogen) atoms. The van der Waals surface area contributed by atoms with Crippen molar-refractivity contribution in [1.82, 2.24) is 0 Å². The molecule has 0 aliphatic heterocycles. The van der Waals surface area contributed by atoms with Crippen molar-refractivity contribution in [2.45, 2.75) is 39.5 Å². The Hall–Kier alpha value is -2.10. The van der Waals surface area contributed by atoms with Crippen molar-refractivity contribution in [2.75, 3.05) is 7.11 Å². The van der Waals surface area contributed by atoms with Gasteiger partial charge in [-0.3, -0.25) is 14.4 Å². The van der Waals surface area contributed by atoms with Gasteiger partial charge in [-0.15, -0.1) is 0 Å². The van der Waals surface area contributed by atoms with E-state index in [0.29, 0.717) is 6.42 Å². The third kappa shape index (κ3) is 6.57. The number of esters is 1. The number of methoxy groups -OCH3 is 1. The molecule has 0 spiro atoms. The Morgan fingerprint density at radius 2 is 1.82 bits per heavy atom. The number of amides is 1. The monoisotopic (exact) mass is 312 g/mol. The van der Waals surface area contributed by atoms with Gasteiger partial charge in [0.1, 0.15) is 0 Å². The number of carbonyl (C=O) groups is 3. The van der Waals surface area contributed by atoms with Crippen molar-refractivity contribution in [1.29, 1.82) is 5.26 Å². The van der Waals surface area contributed by atoms with Crippen LogP contribution in [0.1, 0.15) is 39.5 Å². The molecular weight excluding hydrogens is 288 g/mol. The van der Waals surface area contributed by atoms with E-state index in [1.54, 1.807) is 0 Å². The van der Waals surface area contributed by atoms with E-state index in [1.807, 2.05) is 6.92 Å². The number of aliphatic carboxylic acids is 1. The van der Waals surface area contributed by atoms with Gasteiger partial charge in [0.15, 0.2) is 0 Å². The molecule has 0 rings (SSSR count). The van der Waals surface area contributed by atoms with Crippen LogP contribution < -0.4 is 5.73 Å². The Morgan fingerprint density at radius 1 is 1.23 bits per heavy atom. The fourth-order valence-corrected chi connectivity index (χ4v) is 2.31. The lowest BCUT2D eigenvalue weighted by molar-refractivity contribution is -0.148. The number of nitrogens with zero attached hydrogens (tertiary/aromatic N) is 1. The van der Waals surface area contributed by atoms with Gasteiger partial charge in [-0.2, -0.15) is 5.26 Å². The second kappa shape index (κ2) is 9.77. The van der Waals surface area contributed by atoms with E-state index in [1.165, 1.54) is 14.0 Å². The van der Waals surface area contributed by atoms with Crippen molar-refractivity contribution >= 4 is 17.8 Å². The number of hydrogen-bond acceptors (Lipinski definition) is 5. The molecule has 0 radical (unpaired) electrons. The highest BCUT2D eigenvalue weighted by Crippen LogP contribution is 2.26. The molecule has 0 heterocycles. The standard InChI is InChI=1S/C15H24N2O5/c1-4-10(8-16)6-11(13(17)18)7-12(15(21)22-3)5-9(2)14(19)20/h9-12H,4-7H2,1-3H3,(H2,17,18)(H,19,20). The van der Waals surface area contributed by atoms with Gasteiger partial charge in [0, 0.05) is 11.8 Å². The lowest BCUT2D eigenvalue weighted by Crippen LogP contribution is -2.31. The molecule has 0 aromatic carbocycles. The largest absolute Gasteiger partial charge is 0.481 e. The van der Waals surface area contributed by atoms with Gasteiger partial charge in [0.2, 0.25) is 5.91 Å². The smallest absolute Gasteiger partial charge is 0.308 e. The highest BCUT2D eigenvalue weighted by molar-refractivity contribution is 5.79. The van der Waals surface area contributed by atoms with Crippen molar-refractivity contribution in [3.8, 4) is 6.07 Å². The van der Waals surface area contributed by atoms with Gasteiger partial charge >= 0.3 is 11.9 Å². The maximum absolute atomic E-state index is 11.8. The first-order chi connectivity index (χ1) is 10.3. The topological polar surface area (TPSA) is 130 Å². The summed E-state index contributed by atoms with van der Waals surface area (Å²) in [5.74, 6) is -4.63. The van der Waals surface area contributed by atoms with Crippen LogP contribution in [0.3, 0.4) is 0 Å². The highest BCUT2D eigenvalue weighted by atomic mass is 16.5. The summed E-state index contributed by atoms with van der Waals surface area (Å²) >= 11 is 0. The molecule has 0 saturated heterocycles. The van der Waals surface area contributed by atoms with E-state index in [0.717, 1.165) is 0 Å². The first kappa shape index (κ1) is 19.9.